The van der Waals surface area contributed by atoms with Crippen molar-refractivity contribution < 1.29 is 9.84 Å². The van der Waals surface area contributed by atoms with E-state index in [4.69, 9.17) is 4.74 Å². The second-order valence-corrected chi connectivity index (χ2v) is 3.15. The summed E-state index contributed by atoms with van der Waals surface area (Å²) in [5, 5.41) is 13.3. The zero-order valence-corrected chi connectivity index (χ0v) is 6.17. The van der Waals surface area contributed by atoms with Gasteiger partial charge in [-0.05, 0) is 22.4 Å². The number of ether oxygens (including phenoxy) is 1. The Morgan fingerprint density at radius 1 is 1.80 bits per heavy atom. The highest BCUT2D eigenvalue weighted by Crippen LogP contribution is 2.28. The molecule has 2 heterocycles. The lowest BCUT2D eigenvalue weighted by Crippen LogP contribution is -2.02. The summed E-state index contributed by atoms with van der Waals surface area (Å²) >= 11 is 1.60. The van der Waals surface area contributed by atoms with Gasteiger partial charge >= 0.3 is 0 Å². The van der Waals surface area contributed by atoms with E-state index in [1.54, 1.807) is 11.3 Å². The molecule has 3 heteroatoms. The molecule has 0 bridgehead atoms. The van der Waals surface area contributed by atoms with Crippen LogP contribution in [0.5, 0.6) is 0 Å². The first-order valence-corrected chi connectivity index (χ1v) is 4.14. The summed E-state index contributed by atoms with van der Waals surface area (Å²) in [5.41, 5.74) is 0.979. The molecule has 0 unspecified atom stereocenters. The quantitative estimate of drug-likeness (QED) is 0.652. The molecule has 0 aliphatic carbocycles. The van der Waals surface area contributed by atoms with Gasteiger partial charge < -0.3 is 9.84 Å². The van der Waals surface area contributed by atoms with Crippen molar-refractivity contribution in [1.82, 2.24) is 0 Å². The van der Waals surface area contributed by atoms with Crippen LogP contribution in [0.3, 0.4) is 0 Å². The highest BCUT2D eigenvalue weighted by Gasteiger charge is 2.32. The number of thiophene rings is 1. The normalized spacial score (nSPS) is 26.3. The molecule has 1 aliphatic heterocycles. The van der Waals surface area contributed by atoms with Crippen molar-refractivity contribution in [2.45, 2.75) is 12.2 Å². The van der Waals surface area contributed by atoms with Crippen molar-refractivity contribution in [2.75, 3.05) is 6.61 Å². The van der Waals surface area contributed by atoms with Gasteiger partial charge in [0.05, 0.1) is 6.61 Å². The fourth-order valence-electron chi connectivity index (χ4n) is 0.896. The van der Waals surface area contributed by atoms with Crippen LogP contribution in [0.15, 0.2) is 16.8 Å². The highest BCUT2D eigenvalue weighted by atomic mass is 32.1. The maximum Gasteiger partial charge on any atom is 0.111 e. The molecule has 1 N–H and O–H groups in total. The Hall–Kier alpha value is -0.380. The largest absolute Gasteiger partial charge is 0.386 e. The summed E-state index contributed by atoms with van der Waals surface area (Å²) in [4.78, 5) is 0. The SMILES string of the molecule is O[C@H](c1ccsc1)[C@H]1CO1. The van der Waals surface area contributed by atoms with E-state index in [2.05, 4.69) is 0 Å². The molecule has 0 amide bonds. The van der Waals surface area contributed by atoms with Crippen LogP contribution in [0.25, 0.3) is 0 Å². The molecule has 1 fully saturated rings. The third-order valence-electron chi connectivity index (χ3n) is 1.60. The lowest BCUT2D eigenvalue weighted by Gasteiger charge is -2.01. The van der Waals surface area contributed by atoms with Crippen molar-refractivity contribution in [2.24, 2.45) is 0 Å². The minimum atomic E-state index is -0.397. The summed E-state index contributed by atoms with van der Waals surface area (Å²) in [7, 11) is 0. The first kappa shape index (κ1) is 6.34. The van der Waals surface area contributed by atoms with Gasteiger partial charge in [0.25, 0.3) is 0 Å². The Morgan fingerprint density at radius 2 is 2.60 bits per heavy atom. The van der Waals surface area contributed by atoms with Crippen molar-refractivity contribution in [3.63, 3.8) is 0 Å². The Balaban J connectivity index is 2.11. The van der Waals surface area contributed by atoms with Crippen molar-refractivity contribution >= 4 is 11.3 Å². The number of hydrogen-bond donors (Lipinski definition) is 1. The number of epoxide rings is 1. The Bertz CT molecular complexity index is 203. The predicted octanol–water partition coefficient (Wildman–Crippen LogP) is 1.18. The molecule has 2 rings (SSSR count). The van der Waals surface area contributed by atoms with Gasteiger partial charge in [-0.2, -0.15) is 11.3 Å². The van der Waals surface area contributed by atoms with E-state index in [0.717, 1.165) is 5.56 Å². The topological polar surface area (TPSA) is 32.8 Å². The van der Waals surface area contributed by atoms with Crippen molar-refractivity contribution in [3.05, 3.63) is 22.4 Å². The summed E-state index contributed by atoms with van der Waals surface area (Å²) in [6.45, 7) is 0.705. The number of aliphatic hydroxyl groups is 1. The fraction of sp³-hybridized carbons (Fsp3) is 0.429. The van der Waals surface area contributed by atoms with E-state index in [0.29, 0.717) is 6.61 Å². The summed E-state index contributed by atoms with van der Waals surface area (Å²) in [6, 6.07) is 1.93. The van der Waals surface area contributed by atoms with Crippen LogP contribution in [0.4, 0.5) is 0 Å². The average Bonchev–Trinajstić information content (AvgIpc) is 2.65. The van der Waals surface area contributed by atoms with E-state index in [1.165, 1.54) is 0 Å². The van der Waals surface area contributed by atoms with Gasteiger partial charge in [-0.25, -0.2) is 0 Å². The predicted molar refractivity (Wildman–Crippen MR) is 39.0 cm³/mol. The molecule has 2 nitrogen and oxygen atoms in total. The molecule has 0 aromatic carbocycles. The number of aliphatic hydroxyl groups excluding tert-OH is 1. The van der Waals surface area contributed by atoms with Crippen LogP contribution in [-0.4, -0.2) is 17.8 Å². The van der Waals surface area contributed by atoms with Crippen LogP contribution in [-0.2, 0) is 4.74 Å². The van der Waals surface area contributed by atoms with Crippen LogP contribution < -0.4 is 0 Å². The van der Waals surface area contributed by atoms with E-state index >= 15 is 0 Å². The van der Waals surface area contributed by atoms with Crippen LogP contribution in [0, 0.1) is 0 Å². The minimum absolute atomic E-state index is 0.0644. The lowest BCUT2D eigenvalue weighted by atomic mass is 10.1. The van der Waals surface area contributed by atoms with Gasteiger partial charge in [0.2, 0.25) is 0 Å². The molecule has 54 valence electrons. The van der Waals surface area contributed by atoms with Gasteiger partial charge in [0, 0.05) is 0 Å². The Kier molecular flexibility index (Phi) is 1.48. The van der Waals surface area contributed by atoms with Crippen LogP contribution in [0.1, 0.15) is 11.7 Å². The molecule has 0 radical (unpaired) electrons. The summed E-state index contributed by atoms with van der Waals surface area (Å²) in [6.07, 6.45) is -0.333. The van der Waals surface area contributed by atoms with Crippen LogP contribution >= 0.6 is 11.3 Å². The molecule has 1 saturated heterocycles. The van der Waals surface area contributed by atoms with Gasteiger partial charge in [-0.3, -0.25) is 0 Å². The third-order valence-corrected chi connectivity index (χ3v) is 2.30. The molecule has 10 heavy (non-hydrogen) atoms. The lowest BCUT2D eigenvalue weighted by molar-refractivity contribution is 0.137. The molecule has 0 saturated carbocycles. The molecule has 0 spiro atoms. The van der Waals surface area contributed by atoms with E-state index < -0.39 is 6.10 Å². The van der Waals surface area contributed by atoms with Gasteiger partial charge in [0.1, 0.15) is 12.2 Å². The molecule has 1 aliphatic rings. The monoisotopic (exact) mass is 156 g/mol. The summed E-state index contributed by atoms with van der Waals surface area (Å²) in [5.74, 6) is 0. The zero-order valence-electron chi connectivity index (χ0n) is 5.36. The number of hydrogen-bond acceptors (Lipinski definition) is 3. The Labute approximate surface area is 63.1 Å². The first-order chi connectivity index (χ1) is 4.88. The summed E-state index contributed by atoms with van der Waals surface area (Å²) < 4.78 is 4.95. The number of rotatable bonds is 2. The van der Waals surface area contributed by atoms with E-state index in [1.807, 2.05) is 16.8 Å². The van der Waals surface area contributed by atoms with Gasteiger partial charge in [-0.1, -0.05) is 0 Å². The fourth-order valence-corrected chi connectivity index (χ4v) is 1.59. The molecule has 1 aromatic rings. The average molecular weight is 156 g/mol. The third kappa shape index (κ3) is 1.08. The molecule has 2 atom stereocenters. The minimum Gasteiger partial charge on any atom is -0.386 e. The first-order valence-electron chi connectivity index (χ1n) is 3.19. The maximum atomic E-state index is 9.43. The standard InChI is InChI=1S/C7H8O2S/c8-7(6-3-9-6)5-1-2-10-4-5/h1-2,4,6-8H,3H2/t6-,7-/m1/s1. The second-order valence-electron chi connectivity index (χ2n) is 2.37. The highest BCUT2D eigenvalue weighted by molar-refractivity contribution is 7.07. The Morgan fingerprint density at radius 3 is 3.10 bits per heavy atom. The van der Waals surface area contributed by atoms with Crippen molar-refractivity contribution in [1.29, 1.82) is 0 Å². The van der Waals surface area contributed by atoms with E-state index in [9.17, 15) is 5.11 Å². The van der Waals surface area contributed by atoms with Crippen LogP contribution in [0.2, 0.25) is 0 Å². The van der Waals surface area contributed by atoms with Crippen molar-refractivity contribution in [3.8, 4) is 0 Å². The second kappa shape index (κ2) is 2.34. The van der Waals surface area contributed by atoms with E-state index in [-0.39, 0.29) is 6.10 Å². The maximum absolute atomic E-state index is 9.43. The molecular formula is C7H8O2S. The molecule has 1 aromatic heterocycles. The zero-order chi connectivity index (χ0) is 6.97. The molecular weight excluding hydrogens is 148 g/mol. The van der Waals surface area contributed by atoms with Gasteiger partial charge in [-0.15, -0.1) is 0 Å². The van der Waals surface area contributed by atoms with Gasteiger partial charge in [0.15, 0.2) is 0 Å². The smallest absolute Gasteiger partial charge is 0.111 e.